The van der Waals surface area contributed by atoms with Gasteiger partial charge in [-0.25, -0.2) is 4.79 Å². The zero-order valence-corrected chi connectivity index (χ0v) is 12.5. The topological polar surface area (TPSA) is 55.4 Å². The Kier molecular flexibility index (Phi) is 3.70. The number of carbonyl (C=O) groups is 2. The van der Waals surface area contributed by atoms with Gasteiger partial charge >= 0.3 is 5.97 Å². The lowest BCUT2D eigenvalue weighted by atomic mass is 10.0. The third-order valence-electron chi connectivity index (χ3n) is 4.35. The molecule has 1 aromatic carbocycles. The van der Waals surface area contributed by atoms with Crippen LogP contribution >= 0.6 is 0 Å². The summed E-state index contributed by atoms with van der Waals surface area (Å²) in [5, 5.41) is 2.94. The maximum Gasteiger partial charge on any atom is 0.338 e. The van der Waals surface area contributed by atoms with E-state index in [4.69, 9.17) is 4.74 Å². The van der Waals surface area contributed by atoms with E-state index in [2.05, 4.69) is 5.32 Å². The van der Waals surface area contributed by atoms with Gasteiger partial charge in [-0.3, -0.25) is 4.79 Å². The van der Waals surface area contributed by atoms with E-state index in [1.165, 1.54) is 6.42 Å². The molecule has 3 rings (SSSR count). The molecule has 4 nitrogen and oxygen atoms in total. The number of carbonyl (C=O) groups excluding carboxylic acids is 2. The molecule has 1 aromatic rings. The van der Waals surface area contributed by atoms with Crippen LogP contribution in [-0.4, -0.2) is 18.0 Å². The lowest BCUT2D eigenvalue weighted by Crippen LogP contribution is -2.21. The van der Waals surface area contributed by atoms with E-state index in [0.717, 1.165) is 30.4 Å². The number of benzene rings is 1. The second-order valence-electron chi connectivity index (χ2n) is 6.44. The second kappa shape index (κ2) is 5.51. The largest absolute Gasteiger partial charge is 0.459 e. The van der Waals surface area contributed by atoms with E-state index in [9.17, 15) is 9.59 Å². The summed E-state index contributed by atoms with van der Waals surface area (Å²) in [4.78, 5) is 23.9. The average Bonchev–Trinajstić information content (AvgIpc) is 3.05. The lowest BCUT2D eigenvalue weighted by molar-refractivity contribution is -0.120. The SMILES string of the molecule is CC(C)OC(=O)c1ccc(NC(=O)C2CC3CC3C2)cc1. The van der Waals surface area contributed by atoms with Gasteiger partial charge in [-0.1, -0.05) is 0 Å². The minimum atomic E-state index is -0.334. The molecule has 4 heteroatoms. The number of amides is 1. The van der Waals surface area contributed by atoms with Crippen molar-refractivity contribution in [3.63, 3.8) is 0 Å². The molecule has 1 N–H and O–H groups in total. The van der Waals surface area contributed by atoms with Crippen LogP contribution in [0.25, 0.3) is 0 Å². The van der Waals surface area contributed by atoms with Crippen molar-refractivity contribution in [3.8, 4) is 0 Å². The van der Waals surface area contributed by atoms with E-state index < -0.39 is 0 Å². The monoisotopic (exact) mass is 287 g/mol. The predicted molar refractivity (Wildman–Crippen MR) is 79.9 cm³/mol. The van der Waals surface area contributed by atoms with E-state index in [1.54, 1.807) is 24.3 Å². The molecule has 0 heterocycles. The molecule has 2 aliphatic carbocycles. The van der Waals surface area contributed by atoms with Crippen molar-refractivity contribution in [3.05, 3.63) is 29.8 Å². The van der Waals surface area contributed by atoms with Crippen molar-refractivity contribution < 1.29 is 14.3 Å². The highest BCUT2D eigenvalue weighted by Crippen LogP contribution is 2.54. The Labute approximate surface area is 124 Å². The van der Waals surface area contributed by atoms with Gasteiger partial charge in [0.05, 0.1) is 11.7 Å². The maximum atomic E-state index is 12.1. The molecule has 0 aromatic heterocycles. The molecule has 2 saturated carbocycles. The number of rotatable bonds is 4. The summed E-state index contributed by atoms with van der Waals surface area (Å²) in [6, 6.07) is 6.88. The molecule has 2 aliphatic rings. The highest BCUT2D eigenvalue weighted by Gasteiger charge is 2.47. The minimum Gasteiger partial charge on any atom is -0.459 e. The number of esters is 1. The molecule has 0 aliphatic heterocycles. The Morgan fingerprint density at radius 1 is 1.10 bits per heavy atom. The van der Waals surface area contributed by atoms with Crippen LogP contribution < -0.4 is 5.32 Å². The number of anilines is 1. The molecule has 2 unspecified atom stereocenters. The Balaban J connectivity index is 1.56. The number of nitrogens with one attached hydrogen (secondary N) is 1. The molecule has 2 atom stereocenters. The van der Waals surface area contributed by atoms with Crippen LogP contribution in [0.2, 0.25) is 0 Å². The third kappa shape index (κ3) is 3.26. The van der Waals surface area contributed by atoms with Crippen LogP contribution in [0.5, 0.6) is 0 Å². The number of fused-ring (bicyclic) bond motifs is 1. The molecular formula is C17H21NO3. The summed E-state index contributed by atoms with van der Waals surface area (Å²) in [6.45, 7) is 3.64. The van der Waals surface area contributed by atoms with E-state index in [1.807, 2.05) is 13.8 Å². The Morgan fingerprint density at radius 2 is 1.71 bits per heavy atom. The fourth-order valence-corrected chi connectivity index (χ4v) is 3.14. The number of ether oxygens (including phenoxy) is 1. The standard InChI is InChI=1S/C17H21NO3/c1-10(2)21-17(20)11-3-5-15(6-4-11)18-16(19)14-8-12-7-13(12)9-14/h3-6,10,12-14H,7-9H2,1-2H3,(H,18,19). The van der Waals surface area contributed by atoms with Crippen LogP contribution in [0.15, 0.2) is 24.3 Å². The van der Waals surface area contributed by atoms with Crippen LogP contribution in [-0.2, 0) is 9.53 Å². The van der Waals surface area contributed by atoms with Crippen molar-refractivity contribution in [2.45, 2.75) is 39.2 Å². The van der Waals surface area contributed by atoms with Crippen molar-refractivity contribution >= 4 is 17.6 Å². The summed E-state index contributed by atoms with van der Waals surface area (Å²) >= 11 is 0. The van der Waals surface area contributed by atoms with Crippen LogP contribution in [0.1, 0.15) is 43.5 Å². The van der Waals surface area contributed by atoms with Gasteiger partial charge in [-0.05, 0) is 69.2 Å². The molecule has 0 radical (unpaired) electrons. The summed E-state index contributed by atoms with van der Waals surface area (Å²) in [5.74, 6) is 1.54. The first-order valence-electron chi connectivity index (χ1n) is 7.65. The average molecular weight is 287 g/mol. The molecule has 2 fully saturated rings. The minimum absolute atomic E-state index is 0.111. The van der Waals surface area contributed by atoms with Gasteiger partial charge < -0.3 is 10.1 Å². The van der Waals surface area contributed by atoms with E-state index in [-0.39, 0.29) is 23.9 Å². The first-order valence-corrected chi connectivity index (χ1v) is 7.65. The molecule has 0 saturated heterocycles. The maximum absolute atomic E-state index is 12.1. The summed E-state index contributed by atoms with van der Waals surface area (Å²) in [7, 11) is 0. The van der Waals surface area contributed by atoms with Crippen molar-refractivity contribution in [2.75, 3.05) is 5.32 Å². The first-order chi connectivity index (χ1) is 10.0. The van der Waals surface area contributed by atoms with Crippen molar-refractivity contribution in [1.29, 1.82) is 0 Å². The quantitative estimate of drug-likeness (QED) is 0.865. The lowest BCUT2D eigenvalue weighted by Gasteiger charge is -2.13. The molecule has 1 amide bonds. The van der Waals surface area contributed by atoms with Gasteiger partial charge in [0.15, 0.2) is 0 Å². The smallest absolute Gasteiger partial charge is 0.338 e. The first kappa shape index (κ1) is 14.1. The van der Waals surface area contributed by atoms with Gasteiger partial charge in [-0.2, -0.15) is 0 Å². The zero-order valence-electron chi connectivity index (χ0n) is 12.5. The molecular weight excluding hydrogens is 266 g/mol. The van der Waals surface area contributed by atoms with Crippen molar-refractivity contribution in [1.82, 2.24) is 0 Å². The number of hydrogen-bond acceptors (Lipinski definition) is 3. The van der Waals surface area contributed by atoms with Crippen molar-refractivity contribution in [2.24, 2.45) is 17.8 Å². The molecule has 0 bridgehead atoms. The van der Waals surface area contributed by atoms with Gasteiger partial charge in [0.1, 0.15) is 0 Å². The molecule has 21 heavy (non-hydrogen) atoms. The van der Waals surface area contributed by atoms with Gasteiger partial charge in [0.2, 0.25) is 5.91 Å². The van der Waals surface area contributed by atoms with E-state index >= 15 is 0 Å². The van der Waals surface area contributed by atoms with Gasteiger partial charge in [-0.15, -0.1) is 0 Å². The fourth-order valence-electron chi connectivity index (χ4n) is 3.14. The Morgan fingerprint density at radius 3 is 2.29 bits per heavy atom. The Bertz CT molecular complexity index is 540. The van der Waals surface area contributed by atoms with Gasteiger partial charge in [0.25, 0.3) is 0 Å². The van der Waals surface area contributed by atoms with Crippen LogP contribution in [0.4, 0.5) is 5.69 Å². The highest BCUT2D eigenvalue weighted by atomic mass is 16.5. The summed E-state index contributed by atoms with van der Waals surface area (Å²) in [6.07, 6.45) is 3.26. The predicted octanol–water partition coefficient (Wildman–Crippen LogP) is 3.24. The summed E-state index contributed by atoms with van der Waals surface area (Å²) < 4.78 is 5.13. The fraction of sp³-hybridized carbons (Fsp3) is 0.529. The number of hydrogen-bond donors (Lipinski definition) is 1. The van der Waals surface area contributed by atoms with Crippen LogP contribution in [0, 0.1) is 17.8 Å². The Hall–Kier alpha value is -1.84. The third-order valence-corrected chi connectivity index (χ3v) is 4.35. The second-order valence-corrected chi connectivity index (χ2v) is 6.44. The summed E-state index contributed by atoms with van der Waals surface area (Å²) in [5.41, 5.74) is 1.24. The highest BCUT2D eigenvalue weighted by molar-refractivity contribution is 5.94. The van der Waals surface area contributed by atoms with Crippen LogP contribution in [0.3, 0.4) is 0 Å². The molecule has 112 valence electrons. The van der Waals surface area contributed by atoms with E-state index in [0.29, 0.717) is 5.56 Å². The van der Waals surface area contributed by atoms with Gasteiger partial charge in [0, 0.05) is 11.6 Å². The normalized spacial score (nSPS) is 26.3. The molecule has 0 spiro atoms. The zero-order chi connectivity index (χ0) is 15.0.